The molecule has 0 unspecified atom stereocenters. The van der Waals surface area contributed by atoms with E-state index >= 15 is 0 Å². The number of aromatic nitrogens is 1. The van der Waals surface area contributed by atoms with Crippen LogP contribution >= 0.6 is 0 Å². The molecule has 4 rings (SSSR count). The fourth-order valence-electron chi connectivity index (χ4n) is 3.39. The Morgan fingerprint density at radius 3 is 2.46 bits per heavy atom. The second-order valence-electron chi connectivity index (χ2n) is 6.94. The summed E-state index contributed by atoms with van der Waals surface area (Å²) < 4.78 is 6.26. The molecule has 0 aliphatic heterocycles. The van der Waals surface area contributed by atoms with Crippen molar-refractivity contribution in [1.82, 2.24) is 10.3 Å². The number of hydrogen-bond donors (Lipinski definition) is 1. The summed E-state index contributed by atoms with van der Waals surface area (Å²) in [6.45, 7) is 4.23. The van der Waals surface area contributed by atoms with E-state index in [2.05, 4.69) is 77.9 Å². The number of fused-ring (bicyclic) bond motifs is 1. The summed E-state index contributed by atoms with van der Waals surface area (Å²) in [7, 11) is 0. The quantitative estimate of drug-likeness (QED) is 0.473. The van der Waals surface area contributed by atoms with Gasteiger partial charge in [0.2, 0.25) is 0 Å². The minimum atomic E-state index is 0.572. The Kier molecular flexibility index (Phi) is 5.64. The highest BCUT2D eigenvalue weighted by atomic mass is 16.5. The lowest BCUT2D eigenvalue weighted by molar-refractivity contribution is 0.302. The molecular formula is C25H24N2O. The summed E-state index contributed by atoms with van der Waals surface area (Å²) in [6, 6.07) is 25.1. The van der Waals surface area contributed by atoms with Crippen LogP contribution in [0, 0.1) is 6.92 Å². The van der Waals surface area contributed by atoms with Gasteiger partial charge in [-0.25, -0.2) is 0 Å². The molecule has 0 saturated carbocycles. The maximum atomic E-state index is 6.26. The van der Waals surface area contributed by atoms with Crippen LogP contribution in [0.5, 0.6) is 5.75 Å². The SMILES string of the molecule is Cc1ccccc1COc1ccc2ccccc2c1CNCc1ccncc1. The number of nitrogens with zero attached hydrogens (tertiary/aromatic N) is 1. The molecule has 28 heavy (non-hydrogen) atoms. The number of rotatable bonds is 7. The van der Waals surface area contributed by atoms with Crippen LogP contribution in [0.1, 0.15) is 22.3 Å². The molecule has 0 fully saturated rings. The van der Waals surface area contributed by atoms with Gasteiger partial charge in [-0.15, -0.1) is 0 Å². The van der Waals surface area contributed by atoms with Gasteiger partial charge < -0.3 is 10.1 Å². The Bertz CT molecular complexity index is 1060. The molecule has 3 aromatic carbocycles. The predicted molar refractivity (Wildman–Crippen MR) is 114 cm³/mol. The van der Waals surface area contributed by atoms with Crippen molar-refractivity contribution in [2.45, 2.75) is 26.6 Å². The van der Waals surface area contributed by atoms with Gasteiger partial charge in [-0.05, 0) is 52.6 Å². The third-order valence-electron chi connectivity index (χ3n) is 5.02. The van der Waals surface area contributed by atoms with Crippen molar-refractivity contribution in [3.63, 3.8) is 0 Å². The highest BCUT2D eigenvalue weighted by Gasteiger charge is 2.10. The van der Waals surface area contributed by atoms with E-state index in [9.17, 15) is 0 Å². The number of hydrogen-bond acceptors (Lipinski definition) is 3. The molecule has 0 bridgehead atoms. The number of ether oxygens (including phenoxy) is 1. The highest BCUT2D eigenvalue weighted by molar-refractivity contribution is 5.87. The van der Waals surface area contributed by atoms with Crippen LogP contribution in [-0.4, -0.2) is 4.98 Å². The van der Waals surface area contributed by atoms with Crippen molar-refractivity contribution in [1.29, 1.82) is 0 Å². The third kappa shape index (κ3) is 4.21. The van der Waals surface area contributed by atoms with Gasteiger partial charge >= 0.3 is 0 Å². The number of pyridine rings is 1. The molecule has 1 N–H and O–H groups in total. The lowest BCUT2D eigenvalue weighted by atomic mass is 10.0. The molecular weight excluding hydrogens is 344 g/mol. The third-order valence-corrected chi connectivity index (χ3v) is 5.02. The van der Waals surface area contributed by atoms with Gasteiger partial charge in [-0.3, -0.25) is 4.98 Å². The van der Waals surface area contributed by atoms with Crippen LogP contribution in [0.15, 0.2) is 85.2 Å². The molecule has 0 aliphatic rings. The van der Waals surface area contributed by atoms with Crippen LogP contribution in [0.3, 0.4) is 0 Å². The van der Waals surface area contributed by atoms with Crippen molar-refractivity contribution < 1.29 is 4.74 Å². The van der Waals surface area contributed by atoms with Gasteiger partial charge in [-0.1, -0.05) is 54.6 Å². The molecule has 0 saturated heterocycles. The highest BCUT2D eigenvalue weighted by Crippen LogP contribution is 2.29. The number of aryl methyl sites for hydroxylation is 1. The molecule has 0 aliphatic carbocycles. The molecule has 1 aromatic heterocycles. The first kappa shape index (κ1) is 18.2. The van der Waals surface area contributed by atoms with Crippen LogP contribution < -0.4 is 10.1 Å². The van der Waals surface area contributed by atoms with Crippen molar-refractivity contribution in [2.24, 2.45) is 0 Å². The van der Waals surface area contributed by atoms with Gasteiger partial charge in [0.05, 0.1) is 0 Å². The lowest BCUT2D eigenvalue weighted by Gasteiger charge is -2.16. The predicted octanol–water partition coefficient (Wildman–Crippen LogP) is 5.41. The zero-order chi connectivity index (χ0) is 19.2. The van der Waals surface area contributed by atoms with E-state index in [1.54, 1.807) is 0 Å². The first-order valence-corrected chi connectivity index (χ1v) is 9.59. The van der Waals surface area contributed by atoms with Gasteiger partial charge in [0.15, 0.2) is 0 Å². The van der Waals surface area contributed by atoms with Gasteiger partial charge in [0.1, 0.15) is 12.4 Å². The molecule has 0 radical (unpaired) electrons. The van der Waals surface area contributed by atoms with Crippen molar-refractivity contribution in [2.75, 3.05) is 0 Å². The lowest BCUT2D eigenvalue weighted by Crippen LogP contribution is -2.14. The zero-order valence-corrected chi connectivity index (χ0v) is 16.1. The van der Waals surface area contributed by atoms with Crippen LogP contribution in [0.25, 0.3) is 10.8 Å². The maximum Gasteiger partial charge on any atom is 0.124 e. The van der Waals surface area contributed by atoms with Gasteiger partial charge in [0.25, 0.3) is 0 Å². The van der Waals surface area contributed by atoms with E-state index < -0.39 is 0 Å². The largest absolute Gasteiger partial charge is 0.489 e. The number of nitrogens with one attached hydrogen (secondary N) is 1. The fourth-order valence-corrected chi connectivity index (χ4v) is 3.39. The van der Waals surface area contributed by atoms with E-state index in [1.807, 2.05) is 24.5 Å². The summed E-state index contributed by atoms with van der Waals surface area (Å²) in [5, 5.41) is 6.01. The van der Waals surface area contributed by atoms with Crippen molar-refractivity contribution in [3.05, 3.63) is 107 Å². The van der Waals surface area contributed by atoms with Crippen LogP contribution in [-0.2, 0) is 19.7 Å². The van der Waals surface area contributed by atoms with E-state index in [0.717, 1.165) is 18.8 Å². The van der Waals surface area contributed by atoms with E-state index in [1.165, 1.54) is 33.0 Å². The average molecular weight is 368 g/mol. The molecule has 140 valence electrons. The van der Waals surface area contributed by atoms with Crippen molar-refractivity contribution in [3.8, 4) is 5.75 Å². The zero-order valence-electron chi connectivity index (χ0n) is 16.1. The summed E-state index contributed by atoms with van der Waals surface area (Å²) in [5.74, 6) is 0.934. The van der Waals surface area contributed by atoms with Crippen LogP contribution in [0.4, 0.5) is 0 Å². The molecule has 0 spiro atoms. The number of benzene rings is 3. The standard InChI is InChI=1S/C25H24N2O/c1-19-6-2-3-8-22(19)18-28-25-11-10-21-7-4-5-9-23(21)24(25)17-27-16-20-12-14-26-15-13-20/h2-15,27H,16-18H2,1H3. The van der Waals surface area contributed by atoms with Gasteiger partial charge in [0, 0.05) is 31.0 Å². The minimum absolute atomic E-state index is 0.572. The van der Waals surface area contributed by atoms with E-state index in [0.29, 0.717) is 6.61 Å². The Morgan fingerprint density at radius 1 is 0.821 bits per heavy atom. The molecule has 0 atom stereocenters. The Hall–Kier alpha value is -3.17. The van der Waals surface area contributed by atoms with Crippen molar-refractivity contribution >= 4 is 10.8 Å². The molecule has 0 amide bonds. The summed E-state index contributed by atoms with van der Waals surface area (Å²) in [4.78, 5) is 4.08. The second-order valence-corrected chi connectivity index (χ2v) is 6.94. The van der Waals surface area contributed by atoms with Crippen LogP contribution in [0.2, 0.25) is 0 Å². The Labute approximate surface area is 166 Å². The maximum absolute atomic E-state index is 6.26. The summed E-state index contributed by atoms with van der Waals surface area (Å²) in [6.07, 6.45) is 3.65. The minimum Gasteiger partial charge on any atom is -0.489 e. The summed E-state index contributed by atoms with van der Waals surface area (Å²) in [5.41, 5.74) is 4.88. The molecule has 4 aromatic rings. The topological polar surface area (TPSA) is 34.1 Å². The molecule has 1 heterocycles. The van der Waals surface area contributed by atoms with E-state index in [4.69, 9.17) is 4.74 Å². The normalized spacial score (nSPS) is 10.9. The fraction of sp³-hybridized carbons (Fsp3) is 0.160. The first-order chi connectivity index (χ1) is 13.8. The first-order valence-electron chi connectivity index (χ1n) is 9.59. The Balaban J connectivity index is 1.56. The smallest absolute Gasteiger partial charge is 0.124 e. The van der Waals surface area contributed by atoms with Gasteiger partial charge in [-0.2, -0.15) is 0 Å². The summed E-state index contributed by atoms with van der Waals surface area (Å²) >= 11 is 0. The average Bonchev–Trinajstić information content (AvgIpc) is 2.74. The molecule has 3 heteroatoms. The monoisotopic (exact) mass is 368 g/mol. The van der Waals surface area contributed by atoms with E-state index in [-0.39, 0.29) is 0 Å². The molecule has 3 nitrogen and oxygen atoms in total. The Morgan fingerprint density at radius 2 is 1.61 bits per heavy atom. The second kappa shape index (κ2) is 8.68.